The van der Waals surface area contributed by atoms with Crippen molar-refractivity contribution in [1.29, 1.82) is 0 Å². The van der Waals surface area contributed by atoms with Crippen LogP contribution in [-0.2, 0) is 10.1 Å². The van der Waals surface area contributed by atoms with E-state index >= 15 is 0 Å². The summed E-state index contributed by atoms with van der Waals surface area (Å²) in [4.78, 5) is 6.19. The molecule has 0 aromatic heterocycles. The molecule has 0 aliphatic rings. The maximum atomic E-state index is 11.1. The molecule has 0 amide bonds. The number of anilines is 5. The van der Waals surface area contributed by atoms with Crippen LogP contribution in [0.3, 0.4) is 0 Å². The van der Waals surface area contributed by atoms with Gasteiger partial charge in [0.2, 0.25) is 0 Å². The largest absolute Gasteiger partial charge is 0.378 e. The van der Waals surface area contributed by atoms with E-state index in [1.807, 2.05) is 42.5 Å². The number of hydrogen-bond donors (Lipinski definition) is 2. The van der Waals surface area contributed by atoms with Crippen LogP contribution >= 0.6 is 0 Å². The van der Waals surface area contributed by atoms with Crippen LogP contribution in [0.1, 0.15) is 22.6 Å². The minimum absolute atomic E-state index is 0.212. The molecule has 0 bridgehead atoms. The lowest BCUT2D eigenvalue weighted by Gasteiger charge is -2.22. The van der Waals surface area contributed by atoms with Crippen LogP contribution in [0.25, 0.3) is 0 Å². The van der Waals surface area contributed by atoms with Crippen molar-refractivity contribution in [2.75, 3.05) is 62.3 Å². The summed E-state index contributed by atoms with van der Waals surface area (Å²) in [7, 11) is 8.20. The smallest absolute Gasteiger partial charge is 0.294 e. The molecule has 0 aliphatic carbocycles. The fraction of sp³-hybridized carbons (Fsp3) is 0.163. The van der Waals surface area contributed by atoms with E-state index in [-0.39, 0.29) is 10.8 Å². The molecule has 0 radical (unpaired) electrons. The van der Waals surface area contributed by atoms with E-state index < -0.39 is 10.1 Å². The highest BCUT2D eigenvalue weighted by Gasteiger charge is 2.18. The summed E-state index contributed by atoms with van der Waals surface area (Å²) >= 11 is 0. The van der Waals surface area contributed by atoms with E-state index in [0.29, 0.717) is 11.4 Å². The van der Waals surface area contributed by atoms with E-state index in [1.165, 1.54) is 52.0 Å². The van der Waals surface area contributed by atoms with Gasteiger partial charge in [0.25, 0.3) is 10.1 Å². The first-order valence-corrected chi connectivity index (χ1v) is 18.5. The third-order valence-electron chi connectivity index (χ3n) is 8.55. The van der Waals surface area contributed by atoms with Gasteiger partial charge in [0.1, 0.15) is 0 Å². The number of azo groups is 1. The zero-order valence-electron chi connectivity index (χ0n) is 30.9. The molecule has 0 spiro atoms. The van der Waals surface area contributed by atoms with Crippen molar-refractivity contribution in [3.05, 3.63) is 168 Å². The molecular formula is C43H46N6O3S. The van der Waals surface area contributed by atoms with Crippen LogP contribution < -0.4 is 20.0 Å². The van der Waals surface area contributed by atoms with Gasteiger partial charge in [-0.25, -0.2) is 0 Å². The van der Waals surface area contributed by atoms with Crippen LogP contribution in [0, 0.1) is 0 Å². The Labute approximate surface area is 313 Å². The van der Waals surface area contributed by atoms with Crippen molar-refractivity contribution in [1.82, 2.24) is 0 Å². The molecule has 0 atom stereocenters. The molecule has 0 unspecified atom stereocenters. The minimum Gasteiger partial charge on any atom is -0.378 e. The monoisotopic (exact) mass is 726 g/mol. The number of nitrogens with one attached hydrogen (secondary N) is 1. The average molecular weight is 727 g/mol. The number of rotatable bonds is 11. The van der Waals surface area contributed by atoms with Crippen LogP contribution in [0.5, 0.6) is 0 Å². The van der Waals surface area contributed by atoms with Gasteiger partial charge in [-0.15, -0.1) is 0 Å². The summed E-state index contributed by atoms with van der Waals surface area (Å²) in [6.07, 6.45) is 0. The molecule has 0 saturated carbocycles. The lowest BCUT2D eigenvalue weighted by atomic mass is 9.85. The predicted octanol–water partition coefficient (Wildman–Crippen LogP) is 10.2. The summed E-state index contributed by atoms with van der Waals surface area (Å²) in [5.74, 6) is 0.212. The quantitative estimate of drug-likeness (QED) is 0.0779. The third kappa shape index (κ3) is 10.8. The zero-order valence-corrected chi connectivity index (χ0v) is 31.7. The van der Waals surface area contributed by atoms with E-state index in [9.17, 15) is 8.42 Å². The molecule has 6 rings (SSSR count). The lowest BCUT2D eigenvalue weighted by Crippen LogP contribution is -2.11. The summed E-state index contributed by atoms with van der Waals surface area (Å²) in [6, 6.07) is 49.4. The van der Waals surface area contributed by atoms with Crippen molar-refractivity contribution < 1.29 is 13.0 Å². The van der Waals surface area contributed by atoms with Gasteiger partial charge >= 0.3 is 0 Å². The fourth-order valence-corrected chi connectivity index (χ4v) is 6.11. The van der Waals surface area contributed by atoms with Gasteiger partial charge in [-0.1, -0.05) is 60.7 Å². The number of para-hydroxylation sites is 1. The molecular weight excluding hydrogens is 681 g/mol. The molecule has 272 valence electrons. The Morgan fingerprint density at radius 2 is 0.906 bits per heavy atom. The van der Waals surface area contributed by atoms with Gasteiger partial charge in [0, 0.05) is 76.6 Å². The van der Waals surface area contributed by atoms with Crippen molar-refractivity contribution in [3.8, 4) is 0 Å². The maximum Gasteiger partial charge on any atom is 0.294 e. The molecule has 0 fully saturated rings. The van der Waals surface area contributed by atoms with Gasteiger partial charge in [0.05, 0.1) is 16.3 Å². The van der Waals surface area contributed by atoms with E-state index in [0.717, 1.165) is 11.4 Å². The molecule has 0 aliphatic heterocycles. The number of nitrogens with zero attached hydrogens (tertiary/aromatic N) is 5. The highest BCUT2D eigenvalue weighted by Crippen LogP contribution is 2.34. The van der Waals surface area contributed by atoms with Crippen LogP contribution in [-0.4, -0.2) is 55.3 Å². The summed E-state index contributed by atoms with van der Waals surface area (Å²) in [6.45, 7) is 0. The van der Waals surface area contributed by atoms with Gasteiger partial charge in [-0.3, -0.25) is 4.55 Å². The van der Waals surface area contributed by atoms with Crippen LogP contribution in [0.2, 0.25) is 0 Å². The number of hydrogen-bond acceptors (Lipinski definition) is 8. The molecule has 9 nitrogen and oxygen atoms in total. The topological polar surface area (TPSA) is 101 Å². The third-order valence-corrected chi connectivity index (χ3v) is 9.40. The molecule has 53 heavy (non-hydrogen) atoms. The van der Waals surface area contributed by atoms with Crippen molar-refractivity contribution >= 4 is 49.9 Å². The normalized spacial score (nSPS) is 11.2. The first kappa shape index (κ1) is 38.3. The summed E-state index contributed by atoms with van der Waals surface area (Å²) in [5, 5.41) is 11.3. The van der Waals surface area contributed by atoms with Crippen LogP contribution in [0.15, 0.2) is 167 Å². The molecule has 10 heteroatoms. The van der Waals surface area contributed by atoms with E-state index in [1.54, 1.807) is 18.2 Å². The second-order valence-electron chi connectivity index (χ2n) is 13.1. The molecule has 2 N–H and O–H groups in total. The predicted molar refractivity (Wildman–Crippen MR) is 220 cm³/mol. The summed E-state index contributed by atoms with van der Waals surface area (Å²) in [5.41, 5.74) is 10.4. The first-order chi connectivity index (χ1) is 25.4. The van der Waals surface area contributed by atoms with Crippen LogP contribution in [0.4, 0.5) is 39.8 Å². The molecule has 0 heterocycles. The Morgan fingerprint density at radius 3 is 1.32 bits per heavy atom. The highest BCUT2D eigenvalue weighted by molar-refractivity contribution is 7.85. The second kappa shape index (κ2) is 17.5. The van der Waals surface area contributed by atoms with Crippen molar-refractivity contribution in [2.45, 2.75) is 10.8 Å². The highest BCUT2D eigenvalue weighted by atomic mass is 32.2. The molecule has 6 aromatic carbocycles. The van der Waals surface area contributed by atoms with E-state index in [2.05, 4.69) is 145 Å². The molecule has 0 saturated heterocycles. The van der Waals surface area contributed by atoms with Gasteiger partial charge in [0.15, 0.2) is 0 Å². The Kier molecular flexibility index (Phi) is 12.6. The Balaban J connectivity index is 0.000000206. The Morgan fingerprint density at radius 1 is 0.491 bits per heavy atom. The maximum absolute atomic E-state index is 11.1. The second-order valence-corrected chi connectivity index (χ2v) is 14.5. The standard InChI is InChI=1S/C25H31N3.C18H15N3O3S/c1-26(2)22-13-7-19(8-14-22)25(20-9-15-23(16-10-20)27(3)4)21-11-17-24(18-12-21)28(5)6;22-25(23,24)18-8-4-7-17(13-18)21-20-16-11-9-15(10-12-16)19-14-5-2-1-3-6-14/h7-18,25H,1-6H3;1-13,19H,(H,22,23,24). The fourth-order valence-electron chi connectivity index (χ4n) is 5.59. The summed E-state index contributed by atoms with van der Waals surface area (Å²) < 4.78 is 31.3. The van der Waals surface area contributed by atoms with Gasteiger partial charge in [-0.2, -0.15) is 18.6 Å². The van der Waals surface area contributed by atoms with Crippen molar-refractivity contribution in [3.63, 3.8) is 0 Å². The van der Waals surface area contributed by atoms with Gasteiger partial charge in [-0.05, 0) is 108 Å². The SMILES string of the molecule is CN(C)c1ccc(C(c2ccc(N(C)C)cc2)c2ccc(N(C)C)cc2)cc1.O=S(=O)(O)c1cccc(N=Nc2ccc(Nc3ccccc3)cc2)c1. The lowest BCUT2D eigenvalue weighted by molar-refractivity contribution is 0.483. The van der Waals surface area contributed by atoms with Gasteiger partial charge < -0.3 is 20.0 Å². The number of benzene rings is 6. The average Bonchev–Trinajstić information content (AvgIpc) is 3.16. The first-order valence-electron chi connectivity index (χ1n) is 17.1. The van der Waals surface area contributed by atoms with Crippen molar-refractivity contribution in [2.24, 2.45) is 10.2 Å². The van der Waals surface area contributed by atoms with E-state index in [4.69, 9.17) is 4.55 Å². The Hall–Kier alpha value is -5.97. The minimum atomic E-state index is -4.25. The zero-order chi connectivity index (χ0) is 38.0. The Bertz CT molecular complexity index is 2070. The molecule has 6 aromatic rings.